The van der Waals surface area contributed by atoms with Crippen LogP contribution in [0.4, 0.5) is 0 Å². The van der Waals surface area contributed by atoms with Crippen molar-refractivity contribution in [2.75, 3.05) is 19.5 Å². The molecule has 0 fully saturated rings. The van der Waals surface area contributed by atoms with Gasteiger partial charge in [-0.1, -0.05) is 51.1 Å². The van der Waals surface area contributed by atoms with Crippen molar-refractivity contribution in [2.24, 2.45) is 5.41 Å². The molecule has 2 aromatic carbocycles. The molecule has 0 unspecified atom stereocenters. The van der Waals surface area contributed by atoms with Gasteiger partial charge in [0.2, 0.25) is 5.91 Å². The molecule has 0 radical (unpaired) electrons. The average Bonchev–Trinajstić information content (AvgIpc) is 2.73. The molecule has 0 aliphatic heterocycles. The maximum atomic E-state index is 12.4. The molecular formula is C23H27NO5S. The molecule has 0 heterocycles. The van der Waals surface area contributed by atoms with Crippen LogP contribution in [0.2, 0.25) is 0 Å². The van der Waals surface area contributed by atoms with Gasteiger partial charge in [0.1, 0.15) is 5.75 Å². The van der Waals surface area contributed by atoms with Gasteiger partial charge >= 0.3 is 5.97 Å². The first-order valence-electron chi connectivity index (χ1n) is 9.53. The molecular weight excluding hydrogens is 402 g/mol. The number of rotatable bonds is 9. The third-order valence-corrected chi connectivity index (χ3v) is 5.38. The number of ether oxygens (including phenoxy) is 2. The number of thioether (sulfide) groups is 1. The quantitative estimate of drug-likeness (QED) is 0.481. The van der Waals surface area contributed by atoms with Crippen LogP contribution in [-0.2, 0) is 20.9 Å². The van der Waals surface area contributed by atoms with Gasteiger partial charge in [-0.15, -0.1) is 11.8 Å². The third-order valence-electron chi connectivity index (χ3n) is 4.31. The highest BCUT2D eigenvalue weighted by Crippen LogP contribution is 2.24. The van der Waals surface area contributed by atoms with Crippen LogP contribution in [0.1, 0.15) is 36.7 Å². The predicted molar refractivity (Wildman–Crippen MR) is 117 cm³/mol. The van der Waals surface area contributed by atoms with Crippen molar-refractivity contribution in [2.45, 2.75) is 32.2 Å². The number of hydrogen-bond donors (Lipinski definition) is 1. The molecule has 2 aromatic rings. The Kier molecular flexibility index (Phi) is 8.47. The zero-order chi connectivity index (χ0) is 22.1. The molecule has 2 rings (SSSR count). The Balaban J connectivity index is 1.92. The molecule has 160 valence electrons. The zero-order valence-electron chi connectivity index (χ0n) is 17.7. The van der Waals surface area contributed by atoms with E-state index in [0.717, 1.165) is 5.56 Å². The Hall–Kier alpha value is -2.80. The Morgan fingerprint density at radius 1 is 1.00 bits per heavy atom. The monoisotopic (exact) mass is 429 g/mol. The van der Waals surface area contributed by atoms with E-state index >= 15 is 0 Å². The minimum atomic E-state index is -0.579. The average molecular weight is 430 g/mol. The number of Topliss-reactive ketones (excluding diaryl/α,β-unsaturated/α-hetero) is 1. The molecule has 0 saturated heterocycles. The number of benzene rings is 2. The van der Waals surface area contributed by atoms with E-state index in [2.05, 4.69) is 5.32 Å². The number of ketones is 1. The van der Waals surface area contributed by atoms with Crippen molar-refractivity contribution < 1.29 is 23.9 Å². The summed E-state index contributed by atoms with van der Waals surface area (Å²) in [5.41, 5.74) is 0.640. The van der Waals surface area contributed by atoms with Crippen LogP contribution in [-0.4, -0.2) is 37.1 Å². The van der Waals surface area contributed by atoms with Crippen molar-refractivity contribution in [3.05, 3.63) is 59.7 Å². The second-order valence-electron chi connectivity index (χ2n) is 7.62. The normalized spacial score (nSPS) is 10.9. The summed E-state index contributed by atoms with van der Waals surface area (Å²) in [6.07, 6.45) is 0. The van der Waals surface area contributed by atoms with E-state index in [9.17, 15) is 14.4 Å². The second-order valence-corrected chi connectivity index (χ2v) is 8.64. The minimum absolute atomic E-state index is 0.139. The van der Waals surface area contributed by atoms with Crippen molar-refractivity contribution >= 4 is 29.4 Å². The van der Waals surface area contributed by atoms with Crippen LogP contribution in [0.15, 0.2) is 53.4 Å². The fourth-order valence-electron chi connectivity index (χ4n) is 2.42. The highest BCUT2D eigenvalue weighted by molar-refractivity contribution is 8.00. The van der Waals surface area contributed by atoms with Crippen molar-refractivity contribution in [3.63, 3.8) is 0 Å². The first-order valence-corrected chi connectivity index (χ1v) is 10.5. The smallest absolute Gasteiger partial charge is 0.339 e. The first kappa shape index (κ1) is 23.5. The summed E-state index contributed by atoms with van der Waals surface area (Å²) in [4.78, 5) is 37.3. The van der Waals surface area contributed by atoms with Crippen molar-refractivity contribution in [1.82, 2.24) is 5.32 Å². The molecule has 7 heteroatoms. The van der Waals surface area contributed by atoms with E-state index in [1.54, 1.807) is 52.1 Å². The topological polar surface area (TPSA) is 81.7 Å². The number of amides is 1. The summed E-state index contributed by atoms with van der Waals surface area (Å²) in [6, 6.07) is 14.3. The standard InChI is InChI=1S/C23H27NO5S/c1-23(2,3)20(25)14-29-22(27)17-10-6-8-12-19(17)30-15-21(26)24-13-16-9-5-7-11-18(16)28-4/h5-12H,13-15H2,1-4H3,(H,24,26). The number of nitrogens with one attached hydrogen (secondary N) is 1. The molecule has 1 N–H and O–H groups in total. The van der Waals surface area contributed by atoms with E-state index in [4.69, 9.17) is 9.47 Å². The molecule has 0 aliphatic rings. The summed E-state index contributed by atoms with van der Waals surface area (Å²) in [6.45, 7) is 5.40. The Morgan fingerprint density at radius 2 is 1.67 bits per heavy atom. The number of carbonyl (C=O) groups excluding carboxylic acids is 3. The lowest BCUT2D eigenvalue weighted by atomic mass is 9.91. The summed E-state index contributed by atoms with van der Waals surface area (Å²) < 4.78 is 10.5. The van der Waals surface area contributed by atoms with Gasteiger partial charge in [0, 0.05) is 22.4 Å². The SMILES string of the molecule is COc1ccccc1CNC(=O)CSc1ccccc1C(=O)OCC(=O)C(C)(C)C. The predicted octanol–water partition coefficient (Wildman–Crippen LogP) is 3.88. The van der Waals surface area contributed by atoms with Crippen LogP contribution in [0.5, 0.6) is 5.75 Å². The molecule has 0 atom stereocenters. The van der Waals surface area contributed by atoms with E-state index < -0.39 is 11.4 Å². The molecule has 0 spiro atoms. The van der Waals surface area contributed by atoms with Crippen molar-refractivity contribution in [3.8, 4) is 5.75 Å². The lowest BCUT2D eigenvalue weighted by Crippen LogP contribution is -2.26. The molecule has 0 bridgehead atoms. The van der Waals surface area contributed by atoms with Crippen LogP contribution < -0.4 is 10.1 Å². The van der Waals surface area contributed by atoms with Crippen LogP contribution in [0.25, 0.3) is 0 Å². The van der Waals surface area contributed by atoms with E-state index in [-0.39, 0.29) is 24.1 Å². The van der Waals surface area contributed by atoms with E-state index in [1.807, 2.05) is 24.3 Å². The Bertz CT molecular complexity index is 904. The summed E-state index contributed by atoms with van der Waals surface area (Å²) in [5, 5.41) is 2.85. The van der Waals surface area contributed by atoms with Crippen LogP contribution >= 0.6 is 11.8 Å². The zero-order valence-corrected chi connectivity index (χ0v) is 18.5. The maximum Gasteiger partial charge on any atom is 0.339 e. The largest absolute Gasteiger partial charge is 0.496 e. The van der Waals surface area contributed by atoms with Gasteiger partial charge in [0.15, 0.2) is 12.4 Å². The van der Waals surface area contributed by atoms with Gasteiger partial charge in [-0.25, -0.2) is 4.79 Å². The fourth-order valence-corrected chi connectivity index (χ4v) is 3.29. The fraction of sp³-hybridized carbons (Fsp3) is 0.348. The third kappa shape index (κ3) is 6.91. The molecule has 6 nitrogen and oxygen atoms in total. The van der Waals surface area contributed by atoms with Gasteiger partial charge in [-0.2, -0.15) is 0 Å². The van der Waals surface area contributed by atoms with Gasteiger partial charge in [-0.05, 0) is 18.2 Å². The molecule has 0 saturated carbocycles. The number of esters is 1. The molecule has 1 amide bonds. The Morgan fingerprint density at radius 3 is 2.37 bits per heavy atom. The number of carbonyl (C=O) groups is 3. The second kappa shape index (κ2) is 10.8. The lowest BCUT2D eigenvalue weighted by Gasteiger charge is -2.16. The number of hydrogen-bond acceptors (Lipinski definition) is 6. The summed E-state index contributed by atoms with van der Waals surface area (Å²) in [5.74, 6) is -0.0532. The maximum absolute atomic E-state index is 12.4. The van der Waals surface area contributed by atoms with E-state index in [1.165, 1.54) is 11.8 Å². The number of para-hydroxylation sites is 1. The molecule has 30 heavy (non-hydrogen) atoms. The first-order chi connectivity index (χ1) is 14.2. The van der Waals surface area contributed by atoms with Crippen LogP contribution in [0, 0.1) is 5.41 Å². The lowest BCUT2D eigenvalue weighted by molar-refractivity contribution is -0.129. The molecule has 0 aromatic heterocycles. The number of methoxy groups -OCH3 is 1. The summed E-state index contributed by atoms with van der Waals surface area (Å²) in [7, 11) is 1.58. The van der Waals surface area contributed by atoms with E-state index in [0.29, 0.717) is 22.8 Å². The summed E-state index contributed by atoms with van der Waals surface area (Å²) >= 11 is 1.24. The Labute approximate surface area is 181 Å². The van der Waals surface area contributed by atoms with Gasteiger partial charge in [0.05, 0.1) is 18.4 Å². The van der Waals surface area contributed by atoms with Gasteiger partial charge in [-0.3, -0.25) is 9.59 Å². The van der Waals surface area contributed by atoms with Crippen LogP contribution in [0.3, 0.4) is 0 Å². The van der Waals surface area contributed by atoms with Gasteiger partial charge in [0.25, 0.3) is 0 Å². The highest BCUT2D eigenvalue weighted by Gasteiger charge is 2.23. The molecule has 0 aliphatic carbocycles. The van der Waals surface area contributed by atoms with Gasteiger partial charge < -0.3 is 14.8 Å². The highest BCUT2D eigenvalue weighted by atomic mass is 32.2. The minimum Gasteiger partial charge on any atom is -0.496 e. The van der Waals surface area contributed by atoms with Crippen molar-refractivity contribution in [1.29, 1.82) is 0 Å².